The molecule has 0 amide bonds. The molecule has 1 aliphatic heterocycles. The van der Waals surface area contributed by atoms with Crippen LogP contribution in [0.4, 0.5) is 5.69 Å². The fourth-order valence-corrected chi connectivity index (χ4v) is 2.74. The van der Waals surface area contributed by atoms with Crippen LogP contribution in [-0.2, 0) is 6.42 Å². The van der Waals surface area contributed by atoms with E-state index in [9.17, 15) is 0 Å². The van der Waals surface area contributed by atoms with Crippen molar-refractivity contribution < 1.29 is 0 Å². The van der Waals surface area contributed by atoms with E-state index in [1.165, 1.54) is 43.4 Å². The molecule has 1 aromatic heterocycles. The first-order valence-corrected chi connectivity index (χ1v) is 5.09. The molecule has 2 nitrogen and oxygen atoms in total. The van der Waals surface area contributed by atoms with E-state index in [4.69, 9.17) is 0 Å². The summed E-state index contributed by atoms with van der Waals surface area (Å²) in [6, 6.07) is 2.15. The lowest BCUT2D eigenvalue weighted by Crippen LogP contribution is -2.31. The van der Waals surface area contributed by atoms with Crippen LogP contribution in [0.5, 0.6) is 0 Å². The Balaban J connectivity index is 1.96. The summed E-state index contributed by atoms with van der Waals surface area (Å²) in [5, 5.41) is 3.65. The normalized spacial score (nSPS) is 23.1. The highest BCUT2D eigenvalue weighted by atomic mass is 15.0. The summed E-state index contributed by atoms with van der Waals surface area (Å²) in [5.74, 6) is 0. The molecule has 0 atom stereocenters. The molecule has 1 fully saturated rings. The second-order valence-electron chi connectivity index (χ2n) is 4.32. The van der Waals surface area contributed by atoms with Gasteiger partial charge in [0.15, 0.2) is 0 Å². The van der Waals surface area contributed by atoms with E-state index in [2.05, 4.69) is 16.4 Å². The molecule has 1 aromatic rings. The van der Waals surface area contributed by atoms with E-state index in [0.717, 1.165) is 0 Å². The van der Waals surface area contributed by atoms with Gasteiger partial charge in [-0.3, -0.25) is 4.98 Å². The second kappa shape index (κ2) is 2.47. The van der Waals surface area contributed by atoms with E-state index < -0.39 is 0 Å². The molecule has 2 heteroatoms. The monoisotopic (exact) mass is 174 g/mol. The first kappa shape index (κ1) is 7.36. The number of pyridine rings is 1. The largest absolute Gasteiger partial charge is 0.378 e. The number of fused-ring (bicyclic) bond motifs is 1. The molecule has 13 heavy (non-hydrogen) atoms. The highest BCUT2D eigenvalue weighted by Crippen LogP contribution is 2.41. The third-order valence-electron chi connectivity index (χ3n) is 3.40. The Morgan fingerprint density at radius 1 is 1.31 bits per heavy atom. The first-order valence-electron chi connectivity index (χ1n) is 5.09. The van der Waals surface area contributed by atoms with Crippen LogP contribution in [0, 0.1) is 0 Å². The van der Waals surface area contributed by atoms with Crippen LogP contribution in [0.3, 0.4) is 0 Å². The topological polar surface area (TPSA) is 24.9 Å². The number of nitrogens with zero attached hydrogens (tertiary/aromatic N) is 1. The summed E-state index contributed by atoms with van der Waals surface area (Å²) in [7, 11) is 0. The molecule has 0 bridgehead atoms. The Bertz CT molecular complexity index is 300. The summed E-state index contributed by atoms with van der Waals surface area (Å²) in [6.45, 7) is 0. The van der Waals surface area contributed by atoms with Gasteiger partial charge in [-0.1, -0.05) is 12.8 Å². The van der Waals surface area contributed by atoms with Gasteiger partial charge in [-0.15, -0.1) is 0 Å². The molecule has 2 heterocycles. The third kappa shape index (κ3) is 1.05. The smallest absolute Gasteiger partial charge is 0.0564 e. The summed E-state index contributed by atoms with van der Waals surface area (Å²) in [6.07, 6.45) is 10.5. The van der Waals surface area contributed by atoms with Gasteiger partial charge in [-0.2, -0.15) is 0 Å². The maximum atomic E-state index is 4.15. The lowest BCUT2D eigenvalue weighted by Gasteiger charge is -2.23. The van der Waals surface area contributed by atoms with Crippen molar-refractivity contribution in [2.75, 3.05) is 5.32 Å². The lowest BCUT2D eigenvalue weighted by atomic mass is 9.94. The number of hydrogen-bond donors (Lipinski definition) is 1. The standard InChI is InChI=1S/C11H14N2/c1-2-5-11(4-1)7-9-3-6-12-8-10(9)13-11/h3,6,8,13H,1-2,4-5,7H2. The van der Waals surface area contributed by atoms with E-state index in [1.54, 1.807) is 0 Å². The van der Waals surface area contributed by atoms with Crippen molar-refractivity contribution in [1.82, 2.24) is 4.98 Å². The van der Waals surface area contributed by atoms with E-state index in [1.807, 2.05) is 12.4 Å². The Labute approximate surface area is 78.4 Å². The SMILES string of the molecule is c1cc2c(cn1)NC1(CCCC1)C2. The Hall–Kier alpha value is -1.05. The zero-order valence-corrected chi connectivity index (χ0v) is 7.71. The third-order valence-corrected chi connectivity index (χ3v) is 3.40. The fraction of sp³-hybridized carbons (Fsp3) is 0.545. The maximum absolute atomic E-state index is 4.15. The fourth-order valence-electron chi connectivity index (χ4n) is 2.74. The quantitative estimate of drug-likeness (QED) is 0.653. The molecule has 0 aromatic carbocycles. The molecule has 3 rings (SSSR count). The second-order valence-corrected chi connectivity index (χ2v) is 4.32. The molecule has 0 unspecified atom stereocenters. The van der Waals surface area contributed by atoms with Crippen LogP contribution in [0.2, 0.25) is 0 Å². The van der Waals surface area contributed by atoms with Crippen LogP contribution < -0.4 is 5.32 Å². The maximum Gasteiger partial charge on any atom is 0.0564 e. The molecule has 1 spiro atoms. The summed E-state index contributed by atoms with van der Waals surface area (Å²) in [4.78, 5) is 4.15. The van der Waals surface area contributed by atoms with Gasteiger partial charge in [0.1, 0.15) is 0 Å². The van der Waals surface area contributed by atoms with Crippen LogP contribution in [0.25, 0.3) is 0 Å². The molecule has 1 saturated carbocycles. The van der Waals surface area contributed by atoms with Crippen LogP contribution in [-0.4, -0.2) is 10.5 Å². The van der Waals surface area contributed by atoms with E-state index in [-0.39, 0.29) is 0 Å². The van der Waals surface area contributed by atoms with Crippen molar-refractivity contribution >= 4 is 5.69 Å². The highest BCUT2D eigenvalue weighted by Gasteiger charge is 2.38. The van der Waals surface area contributed by atoms with Crippen molar-refractivity contribution in [1.29, 1.82) is 0 Å². The number of hydrogen-bond acceptors (Lipinski definition) is 2. The van der Waals surface area contributed by atoms with Crippen molar-refractivity contribution in [3.8, 4) is 0 Å². The van der Waals surface area contributed by atoms with E-state index >= 15 is 0 Å². The molecule has 68 valence electrons. The van der Waals surface area contributed by atoms with Gasteiger partial charge >= 0.3 is 0 Å². The molecule has 0 saturated heterocycles. The zero-order valence-electron chi connectivity index (χ0n) is 7.71. The zero-order chi connectivity index (χ0) is 8.73. The predicted molar refractivity (Wildman–Crippen MR) is 52.8 cm³/mol. The Morgan fingerprint density at radius 3 is 2.92 bits per heavy atom. The van der Waals surface area contributed by atoms with Gasteiger partial charge in [0.05, 0.1) is 11.9 Å². The van der Waals surface area contributed by atoms with Crippen LogP contribution in [0.1, 0.15) is 31.2 Å². The number of anilines is 1. The van der Waals surface area contributed by atoms with Crippen LogP contribution >= 0.6 is 0 Å². The van der Waals surface area contributed by atoms with Gasteiger partial charge in [0.2, 0.25) is 0 Å². The minimum absolute atomic E-state index is 0.408. The average Bonchev–Trinajstić information content (AvgIpc) is 2.72. The van der Waals surface area contributed by atoms with Gasteiger partial charge in [-0.25, -0.2) is 0 Å². The number of aromatic nitrogens is 1. The Morgan fingerprint density at radius 2 is 2.15 bits per heavy atom. The van der Waals surface area contributed by atoms with Crippen molar-refractivity contribution in [3.63, 3.8) is 0 Å². The van der Waals surface area contributed by atoms with Gasteiger partial charge in [0.25, 0.3) is 0 Å². The molecule has 2 aliphatic rings. The summed E-state index contributed by atoms with van der Waals surface area (Å²) >= 11 is 0. The first-order chi connectivity index (χ1) is 6.38. The minimum Gasteiger partial charge on any atom is -0.378 e. The molecular weight excluding hydrogens is 160 g/mol. The summed E-state index contributed by atoms with van der Waals surface area (Å²) < 4.78 is 0. The number of nitrogens with one attached hydrogen (secondary N) is 1. The van der Waals surface area contributed by atoms with Gasteiger partial charge < -0.3 is 5.32 Å². The molecular formula is C11H14N2. The molecule has 1 aliphatic carbocycles. The number of rotatable bonds is 0. The van der Waals surface area contributed by atoms with E-state index in [0.29, 0.717) is 5.54 Å². The van der Waals surface area contributed by atoms with Crippen molar-refractivity contribution in [2.45, 2.75) is 37.6 Å². The van der Waals surface area contributed by atoms with Crippen molar-refractivity contribution in [2.24, 2.45) is 0 Å². The Kier molecular flexibility index (Phi) is 1.40. The van der Waals surface area contributed by atoms with Crippen molar-refractivity contribution in [3.05, 3.63) is 24.0 Å². The highest BCUT2D eigenvalue weighted by molar-refractivity contribution is 5.57. The van der Waals surface area contributed by atoms with Gasteiger partial charge in [0, 0.05) is 11.7 Å². The predicted octanol–water partition coefficient (Wildman–Crippen LogP) is 2.36. The van der Waals surface area contributed by atoms with Gasteiger partial charge in [-0.05, 0) is 30.9 Å². The molecule has 1 N–H and O–H groups in total. The minimum atomic E-state index is 0.408. The molecule has 0 radical (unpaired) electrons. The lowest BCUT2D eigenvalue weighted by molar-refractivity contribution is 0.501. The average molecular weight is 174 g/mol. The van der Waals surface area contributed by atoms with Crippen LogP contribution in [0.15, 0.2) is 18.5 Å². The summed E-state index contributed by atoms with van der Waals surface area (Å²) in [5.41, 5.74) is 3.13.